The van der Waals surface area contributed by atoms with Crippen molar-refractivity contribution in [2.45, 2.75) is 18.4 Å². The van der Waals surface area contributed by atoms with Crippen LogP contribution in [-0.4, -0.2) is 44.8 Å². The number of nitrogens with two attached hydrogens (primary N) is 1. The van der Waals surface area contributed by atoms with Crippen LogP contribution in [0.4, 0.5) is 0 Å². The van der Waals surface area contributed by atoms with Gasteiger partial charge in [-0.05, 0) is 0 Å². The van der Waals surface area contributed by atoms with Gasteiger partial charge in [0.1, 0.15) is 12.1 Å². The van der Waals surface area contributed by atoms with Crippen molar-refractivity contribution < 1.29 is 25.2 Å². The highest BCUT2D eigenvalue weighted by molar-refractivity contribution is 5.73. The monoisotopic (exact) mass is 151 g/mol. The lowest BCUT2D eigenvalue weighted by molar-refractivity contribution is -0.157. The van der Waals surface area contributed by atoms with E-state index in [2.05, 4.69) is 0 Å². The zero-order valence-corrected chi connectivity index (χ0v) is 5.01. The Morgan fingerprint density at radius 3 is 1.80 bits per heavy atom. The van der Waals surface area contributed by atoms with Gasteiger partial charge >= 0.3 is 5.97 Å². The Morgan fingerprint density at radius 1 is 1.30 bits per heavy atom. The number of aliphatic carboxylic acids is 1. The maximum Gasteiger partial charge on any atom is 0.323 e. The SMILES string of the molecule is NC(C(=O)O)C(O)C(O)O. The van der Waals surface area contributed by atoms with Crippen molar-refractivity contribution in [1.82, 2.24) is 0 Å². The van der Waals surface area contributed by atoms with Crippen molar-refractivity contribution >= 4 is 5.97 Å². The average molecular weight is 151 g/mol. The average Bonchev–Trinajstić information content (AvgIpc) is 1.84. The van der Waals surface area contributed by atoms with Gasteiger partial charge in [0.2, 0.25) is 0 Å². The minimum Gasteiger partial charge on any atom is -0.480 e. The van der Waals surface area contributed by atoms with Gasteiger partial charge in [-0.1, -0.05) is 0 Å². The number of carbonyl (C=O) groups is 1. The third-order valence-corrected chi connectivity index (χ3v) is 0.959. The molecule has 6 heteroatoms. The summed E-state index contributed by atoms with van der Waals surface area (Å²) in [5.74, 6) is -1.49. The van der Waals surface area contributed by atoms with Crippen molar-refractivity contribution in [1.29, 1.82) is 0 Å². The molecule has 0 bridgehead atoms. The van der Waals surface area contributed by atoms with E-state index in [1.165, 1.54) is 0 Å². The summed E-state index contributed by atoms with van der Waals surface area (Å²) in [5, 5.41) is 33.1. The van der Waals surface area contributed by atoms with E-state index in [1.54, 1.807) is 0 Å². The Hall–Kier alpha value is -0.690. The van der Waals surface area contributed by atoms with Crippen LogP contribution < -0.4 is 5.73 Å². The maximum atomic E-state index is 9.94. The van der Waals surface area contributed by atoms with Crippen LogP contribution in [-0.2, 0) is 4.79 Å². The highest BCUT2D eigenvalue weighted by Crippen LogP contribution is 1.94. The Bertz CT molecular complexity index is 125. The summed E-state index contributed by atoms with van der Waals surface area (Å²) >= 11 is 0. The summed E-state index contributed by atoms with van der Waals surface area (Å²) in [6, 6.07) is -1.67. The number of aliphatic hydroxyl groups is 3. The normalized spacial score (nSPS) is 16.9. The molecule has 0 aliphatic carbocycles. The topological polar surface area (TPSA) is 124 Å². The van der Waals surface area contributed by atoms with Gasteiger partial charge < -0.3 is 26.2 Å². The standard InChI is InChI=1S/C4H9NO5/c5-1(3(7)8)2(6)4(9)10/h1-2,4,6,9-10H,5H2,(H,7,8). The Morgan fingerprint density at radius 2 is 1.70 bits per heavy atom. The molecule has 0 aromatic heterocycles. The van der Waals surface area contributed by atoms with Gasteiger partial charge in [0.25, 0.3) is 0 Å². The summed E-state index contributed by atoms with van der Waals surface area (Å²) in [6.45, 7) is 0. The second kappa shape index (κ2) is 3.47. The van der Waals surface area contributed by atoms with Crippen LogP contribution >= 0.6 is 0 Å². The molecular weight excluding hydrogens is 142 g/mol. The second-order valence-corrected chi connectivity index (χ2v) is 1.77. The van der Waals surface area contributed by atoms with E-state index in [0.717, 1.165) is 0 Å². The van der Waals surface area contributed by atoms with Gasteiger partial charge in [0, 0.05) is 0 Å². The van der Waals surface area contributed by atoms with Crippen LogP contribution in [0.3, 0.4) is 0 Å². The molecule has 0 heterocycles. The molecule has 0 fully saturated rings. The van der Waals surface area contributed by atoms with Gasteiger partial charge in [-0.3, -0.25) is 4.79 Å². The fourth-order valence-electron chi connectivity index (χ4n) is 0.332. The van der Waals surface area contributed by atoms with Crippen molar-refractivity contribution in [2.75, 3.05) is 0 Å². The molecular formula is C4H9NO5. The fraction of sp³-hybridized carbons (Fsp3) is 0.750. The molecule has 0 amide bonds. The predicted octanol–water partition coefficient (Wildman–Crippen LogP) is -2.93. The summed E-state index contributed by atoms with van der Waals surface area (Å²) in [7, 11) is 0. The van der Waals surface area contributed by atoms with E-state index in [0.29, 0.717) is 0 Å². The molecule has 0 aromatic carbocycles. The zero-order valence-electron chi connectivity index (χ0n) is 5.01. The molecule has 6 N–H and O–H groups in total. The molecule has 0 aliphatic rings. The molecule has 60 valence electrons. The van der Waals surface area contributed by atoms with Gasteiger partial charge in [0.05, 0.1) is 0 Å². The van der Waals surface area contributed by atoms with E-state index in [9.17, 15) is 4.79 Å². The molecule has 0 rings (SSSR count). The largest absolute Gasteiger partial charge is 0.480 e. The van der Waals surface area contributed by atoms with Crippen LogP contribution in [0.15, 0.2) is 0 Å². The number of rotatable bonds is 3. The molecule has 2 atom stereocenters. The van der Waals surface area contributed by atoms with E-state index < -0.39 is 24.4 Å². The molecule has 0 saturated carbocycles. The van der Waals surface area contributed by atoms with Crippen LogP contribution in [0, 0.1) is 0 Å². The smallest absolute Gasteiger partial charge is 0.323 e. The Balaban J connectivity index is 3.94. The molecule has 2 unspecified atom stereocenters. The summed E-state index contributed by atoms with van der Waals surface area (Å²) in [4.78, 5) is 9.94. The van der Waals surface area contributed by atoms with Gasteiger partial charge in [-0.15, -0.1) is 0 Å². The number of hydrogen-bond acceptors (Lipinski definition) is 5. The number of carboxylic acids is 1. The number of hydrogen-bond donors (Lipinski definition) is 5. The maximum absolute atomic E-state index is 9.94. The van der Waals surface area contributed by atoms with Crippen LogP contribution in [0.2, 0.25) is 0 Å². The first-order valence-electron chi connectivity index (χ1n) is 2.49. The molecule has 0 radical (unpaired) electrons. The van der Waals surface area contributed by atoms with Crippen LogP contribution in [0.1, 0.15) is 0 Å². The highest BCUT2D eigenvalue weighted by Gasteiger charge is 2.26. The van der Waals surface area contributed by atoms with Gasteiger partial charge in [0.15, 0.2) is 6.29 Å². The fourth-order valence-corrected chi connectivity index (χ4v) is 0.332. The summed E-state index contributed by atoms with van der Waals surface area (Å²) in [5.41, 5.74) is 4.79. The van der Waals surface area contributed by atoms with Crippen molar-refractivity contribution in [3.63, 3.8) is 0 Å². The first-order valence-corrected chi connectivity index (χ1v) is 2.49. The predicted molar refractivity (Wildman–Crippen MR) is 29.8 cm³/mol. The van der Waals surface area contributed by atoms with Crippen molar-refractivity contribution in [3.05, 3.63) is 0 Å². The highest BCUT2D eigenvalue weighted by atomic mass is 16.5. The van der Waals surface area contributed by atoms with Gasteiger partial charge in [-0.2, -0.15) is 0 Å². The van der Waals surface area contributed by atoms with E-state index in [-0.39, 0.29) is 0 Å². The quantitative estimate of drug-likeness (QED) is 0.275. The van der Waals surface area contributed by atoms with Crippen molar-refractivity contribution in [3.8, 4) is 0 Å². The minimum absolute atomic E-state index is 1.49. The lowest BCUT2D eigenvalue weighted by atomic mass is 10.2. The van der Waals surface area contributed by atoms with Crippen LogP contribution in [0.25, 0.3) is 0 Å². The molecule has 0 aliphatic heterocycles. The zero-order chi connectivity index (χ0) is 8.31. The molecule has 6 nitrogen and oxygen atoms in total. The third-order valence-electron chi connectivity index (χ3n) is 0.959. The first-order chi connectivity index (χ1) is 4.46. The lowest BCUT2D eigenvalue weighted by Crippen LogP contribution is -2.47. The molecule has 0 spiro atoms. The van der Waals surface area contributed by atoms with Crippen LogP contribution in [0.5, 0.6) is 0 Å². The number of carboxylic acid groups (broad SMARTS) is 1. The molecule has 0 saturated heterocycles. The second-order valence-electron chi connectivity index (χ2n) is 1.77. The molecule has 0 aromatic rings. The van der Waals surface area contributed by atoms with E-state index in [4.69, 9.17) is 26.2 Å². The van der Waals surface area contributed by atoms with E-state index in [1.807, 2.05) is 0 Å². The number of aliphatic hydroxyl groups excluding tert-OH is 2. The van der Waals surface area contributed by atoms with E-state index >= 15 is 0 Å². The summed E-state index contributed by atoms with van der Waals surface area (Å²) in [6.07, 6.45) is -3.97. The Kier molecular flexibility index (Phi) is 3.23. The Labute approximate surface area is 56.5 Å². The first kappa shape index (κ1) is 9.31. The van der Waals surface area contributed by atoms with Gasteiger partial charge in [-0.25, -0.2) is 0 Å². The minimum atomic E-state index is -2.12. The third kappa shape index (κ3) is 2.28. The summed E-state index contributed by atoms with van der Waals surface area (Å²) < 4.78 is 0. The van der Waals surface area contributed by atoms with Crippen molar-refractivity contribution in [2.24, 2.45) is 5.73 Å². The molecule has 10 heavy (non-hydrogen) atoms. The lowest BCUT2D eigenvalue weighted by Gasteiger charge is -2.15.